The van der Waals surface area contributed by atoms with E-state index in [2.05, 4.69) is 22.0 Å². The van der Waals surface area contributed by atoms with Crippen LogP contribution in [0, 0.1) is 0 Å². The molecule has 0 amide bonds. The first-order chi connectivity index (χ1) is 13.6. The Bertz CT molecular complexity index is 1040. The maximum Gasteiger partial charge on any atom is 0.152 e. The molecule has 2 aromatic rings. The number of aliphatic imine (C=N–C) groups is 1. The number of hydrogen-bond donors (Lipinski definition) is 0. The van der Waals surface area contributed by atoms with Gasteiger partial charge in [0.1, 0.15) is 11.6 Å². The van der Waals surface area contributed by atoms with Gasteiger partial charge in [0.25, 0.3) is 0 Å². The van der Waals surface area contributed by atoms with Gasteiger partial charge in [-0.05, 0) is 49.1 Å². The average Bonchev–Trinajstić information content (AvgIpc) is 3.43. The van der Waals surface area contributed by atoms with E-state index in [1.807, 2.05) is 18.2 Å². The molecule has 0 N–H and O–H groups in total. The molecule has 1 aliphatic carbocycles. The van der Waals surface area contributed by atoms with Gasteiger partial charge in [-0.2, -0.15) is 0 Å². The minimum atomic E-state index is -2.94. The highest BCUT2D eigenvalue weighted by molar-refractivity contribution is 7.91. The van der Waals surface area contributed by atoms with Gasteiger partial charge in [0.2, 0.25) is 0 Å². The van der Waals surface area contributed by atoms with E-state index in [1.54, 1.807) is 6.20 Å². The summed E-state index contributed by atoms with van der Waals surface area (Å²) in [5.41, 5.74) is 4.30. The lowest BCUT2D eigenvalue weighted by atomic mass is 10.0. The Balaban J connectivity index is 1.42. The second-order valence-electron chi connectivity index (χ2n) is 7.70. The lowest BCUT2D eigenvalue weighted by molar-refractivity contribution is 0.303. The van der Waals surface area contributed by atoms with E-state index in [-0.39, 0.29) is 11.5 Å². The average molecular weight is 398 g/mol. The minimum Gasteiger partial charge on any atom is -0.490 e. The Labute approximate surface area is 165 Å². The van der Waals surface area contributed by atoms with Crippen molar-refractivity contribution in [1.82, 2.24) is 4.98 Å². The monoisotopic (exact) mass is 397 g/mol. The number of fused-ring (bicyclic) bond motifs is 1. The van der Waals surface area contributed by atoms with E-state index in [4.69, 9.17) is 9.73 Å². The van der Waals surface area contributed by atoms with E-state index in [9.17, 15) is 8.42 Å². The van der Waals surface area contributed by atoms with Crippen LogP contribution in [-0.2, 0) is 16.4 Å². The summed E-state index contributed by atoms with van der Waals surface area (Å²) in [5.74, 6) is 2.16. The largest absolute Gasteiger partial charge is 0.490 e. The molecule has 7 heteroatoms. The van der Waals surface area contributed by atoms with Gasteiger partial charge < -0.3 is 9.64 Å². The number of anilines is 1. The molecule has 1 saturated heterocycles. The molecular formula is C21H23N3O3S. The fourth-order valence-electron chi connectivity index (χ4n) is 3.77. The lowest BCUT2D eigenvalue weighted by Crippen LogP contribution is -2.27. The topological polar surface area (TPSA) is 71.9 Å². The second-order valence-corrected chi connectivity index (χ2v) is 10.00. The number of sulfone groups is 1. The van der Waals surface area contributed by atoms with Crippen molar-refractivity contribution < 1.29 is 13.2 Å². The molecule has 0 atom stereocenters. The lowest BCUT2D eigenvalue weighted by Gasteiger charge is -2.21. The fourth-order valence-corrected chi connectivity index (χ4v) is 5.04. The predicted octanol–water partition coefficient (Wildman–Crippen LogP) is 2.60. The number of benzene rings is 1. The van der Waals surface area contributed by atoms with Gasteiger partial charge in [-0.1, -0.05) is 6.07 Å². The highest BCUT2D eigenvalue weighted by Gasteiger charge is 2.25. The summed E-state index contributed by atoms with van der Waals surface area (Å²) in [7, 11) is -2.94. The third-order valence-electron chi connectivity index (χ3n) is 5.47. The second kappa shape index (κ2) is 6.88. The molecule has 1 aromatic heterocycles. The van der Waals surface area contributed by atoms with Crippen molar-refractivity contribution in [1.29, 1.82) is 0 Å². The molecule has 1 saturated carbocycles. The van der Waals surface area contributed by atoms with Crippen LogP contribution in [0.1, 0.15) is 36.0 Å². The first-order valence-electron chi connectivity index (χ1n) is 9.84. The van der Waals surface area contributed by atoms with Crippen molar-refractivity contribution in [2.75, 3.05) is 29.5 Å². The molecule has 28 heavy (non-hydrogen) atoms. The molecule has 0 spiro atoms. The fraction of sp³-hybridized carbons (Fsp3) is 0.429. The van der Waals surface area contributed by atoms with Gasteiger partial charge in [-0.3, -0.25) is 4.99 Å². The van der Waals surface area contributed by atoms with Crippen LogP contribution in [0.25, 0.3) is 0 Å². The number of aromatic nitrogens is 1. The Hall–Kier alpha value is -2.41. The predicted molar refractivity (Wildman–Crippen MR) is 109 cm³/mol. The van der Waals surface area contributed by atoms with E-state index in [0.717, 1.165) is 41.2 Å². The Morgan fingerprint density at radius 2 is 1.96 bits per heavy atom. The van der Waals surface area contributed by atoms with Gasteiger partial charge in [0.05, 0.1) is 29.9 Å². The van der Waals surface area contributed by atoms with Crippen molar-refractivity contribution in [3.63, 3.8) is 0 Å². The van der Waals surface area contributed by atoms with Crippen molar-refractivity contribution in [3.8, 4) is 5.75 Å². The normalized spacial score (nSPS) is 21.0. The molecule has 3 heterocycles. The summed E-state index contributed by atoms with van der Waals surface area (Å²) in [5, 5.41) is 0. The Morgan fingerprint density at radius 3 is 2.82 bits per heavy atom. The van der Waals surface area contributed by atoms with E-state index in [1.165, 1.54) is 5.56 Å². The van der Waals surface area contributed by atoms with Crippen LogP contribution >= 0.6 is 0 Å². The van der Waals surface area contributed by atoms with Crippen molar-refractivity contribution in [3.05, 3.63) is 53.2 Å². The summed E-state index contributed by atoms with van der Waals surface area (Å²) in [4.78, 5) is 11.3. The molecule has 2 fully saturated rings. The Morgan fingerprint density at radius 1 is 1.07 bits per heavy atom. The number of ether oxygens (including phenoxy) is 1. The molecule has 0 bridgehead atoms. The summed E-state index contributed by atoms with van der Waals surface area (Å²) < 4.78 is 29.7. The quantitative estimate of drug-likeness (QED) is 0.793. The highest BCUT2D eigenvalue weighted by Crippen LogP contribution is 2.31. The summed E-state index contributed by atoms with van der Waals surface area (Å²) in [6.45, 7) is 1.87. The van der Waals surface area contributed by atoms with E-state index in [0.29, 0.717) is 32.2 Å². The molecule has 0 radical (unpaired) electrons. The van der Waals surface area contributed by atoms with Crippen molar-refractivity contribution >= 4 is 21.4 Å². The van der Waals surface area contributed by atoms with Gasteiger partial charge in [0.15, 0.2) is 9.84 Å². The van der Waals surface area contributed by atoms with E-state index < -0.39 is 9.84 Å². The zero-order chi connectivity index (χ0) is 19.1. The zero-order valence-electron chi connectivity index (χ0n) is 15.7. The third kappa shape index (κ3) is 3.63. The third-order valence-corrected chi connectivity index (χ3v) is 7.18. The van der Waals surface area contributed by atoms with Crippen LogP contribution in [-0.4, -0.2) is 49.8 Å². The van der Waals surface area contributed by atoms with Crippen molar-refractivity contribution in [2.24, 2.45) is 4.99 Å². The van der Waals surface area contributed by atoms with Gasteiger partial charge in [-0.25, -0.2) is 13.4 Å². The molecule has 1 aromatic carbocycles. The molecule has 5 rings (SSSR count). The molecule has 2 aliphatic heterocycles. The Kier molecular flexibility index (Phi) is 4.34. The number of rotatable bonds is 4. The molecule has 6 nitrogen and oxygen atoms in total. The number of nitrogens with zero attached hydrogens (tertiary/aromatic N) is 3. The molecular weight excluding hydrogens is 374 g/mol. The van der Waals surface area contributed by atoms with E-state index >= 15 is 0 Å². The highest BCUT2D eigenvalue weighted by atomic mass is 32.2. The van der Waals surface area contributed by atoms with Crippen LogP contribution in [0.4, 0.5) is 5.82 Å². The summed E-state index contributed by atoms with van der Waals surface area (Å²) in [6, 6.07) is 10.2. The van der Waals surface area contributed by atoms with Crippen molar-refractivity contribution in [2.45, 2.75) is 31.9 Å². The van der Waals surface area contributed by atoms with Crippen LogP contribution in [0.15, 0.2) is 41.5 Å². The van der Waals surface area contributed by atoms with Gasteiger partial charge in [0, 0.05) is 30.4 Å². The molecule has 146 valence electrons. The first-order valence-corrected chi connectivity index (χ1v) is 11.7. The standard InChI is InChI=1S/C21H23N3O3S/c25-28(26)10-1-8-24(9-11-28)20-12-15(6-7-22-20)21-19-13-18(27-17-4-5-17)3-2-16(19)14-23-21/h2-3,6-7,12-13,17H,1,4-5,8-11,14H2. The maximum absolute atomic E-state index is 11.9. The zero-order valence-corrected chi connectivity index (χ0v) is 16.5. The number of hydrogen-bond acceptors (Lipinski definition) is 6. The molecule has 0 unspecified atom stereocenters. The first kappa shape index (κ1) is 17.7. The minimum absolute atomic E-state index is 0.185. The van der Waals surface area contributed by atoms with Gasteiger partial charge in [-0.15, -0.1) is 0 Å². The summed E-state index contributed by atoms with van der Waals surface area (Å²) in [6.07, 6.45) is 5.07. The SMILES string of the molecule is O=S1(=O)CCCN(c2cc(C3=NCc4ccc(OC5CC5)cc43)ccn2)CC1. The number of pyridine rings is 1. The smallest absolute Gasteiger partial charge is 0.152 e. The molecule has 3 aliphatic rings. The van der Waals surface area contributed by atoms with Crippen LogP contribution in [0.3, 0.4) is 0 Å². The van der Waals surface area contributed by atoms with Crippen LogP contribution in [0.2, 0.25) is 0 Å². The maximum atomic E-state index is 11.9. The van der Waals surface area contributed by atoms with Crippen LogP contribution in [0.5, 0.6) is 5.75 Å². The van der Waals surface area contributed by atoms with Crippen LogP contribution < -0.4 is 9.64 Å². The summed E-state index contributed by atoms with van der Waals surface area (Å²) >= 11 is 0. The van der Waals surface area contributed by atoms with Gasteiger partial charge >= 0.3 is 0 Å².